The number of nitrogens with one attached hydrogen (secondary N) is 2. The van der Waals surface area contributed by atoms with Crippen molar-refractivity contribution in [2.45, 2.75) is 57.5 Å². The van der Waals surface area contributed by atoms with E-state index in [4.69, 9.17) is 4.52 Å². The van der Waals surface area contributed by atoms with E-state index in [0.29, 0.717) is 17.5 Å². The summed E-state index contributed by atoms with van der Waals surface area (Å²) in [5.41, 5.74) is 2.87. The van der Waals surface area contributed by atoms with Gasteiger partial charge >= 0.3 is 0 Å². The van der Waals surface area contributed by atoms with Crippen LogP contribution in [0.15, 0.2) is 34.9 Å². The highest BCUT2D eigenvalue weighted by atomic mass is 16.5. The second-order valence-corrected chi connectivity index (χ2v) is 8.91. The highest BCUT2D eigenvalue weighted by Gasteiger charge is 2.31. The molecular weight excluding hydrogens is 376 g/mol. The number of aromatic nitrogens is 1. The van der Waals surface area contributed by atoms with Gasteiger partial charge < -0.3 is 20.1 Å². The van der Waals surface area contributed by atoms with Gasteiger partial charge in [-0.05, 0) is 75.8 Å². The molecular formula is C24H34N4O2. The lowest BCUT2D eigenvalue weighted by atomic mass is 9.85. The van der Waals surface area contributed by atoms with E-state index >= 15 is 0 Å². The molecule has 0 bridgehead atoms. The van der Waals surface area contributed by atoms with Crippen LogP contribution in [0.2, 0.25) is 0 Å². The van der Waals surface area contributed by atoms with Crippen molar-refractivity contribution in [2.75, 3.05) is 26.7 Å². The lowest BCUT2D eigenvalue weighted by molar-refractivity contribution is 0.0904. The van der Waals surface area contributed by atoms with Crippen molar-refractivity contribution in [1.82, 2.24) is 20.7 Å². The van der Waals surface area contributed by atoms with E-state index in [2.05, 4.69) is 58.9 Å². The van der Waals surface area contributed by atoms with Crippen molar-refractivity contribution in [1.29, 1.82) is 0 Å². The summed E-state index contributed by atoms with van der Waals surface area (Å²) in [5, 5.41) is 10.8. The van der Waals surface area contributed by atoms with E-state index in [1.807, 2.05) is 6.07 Å². The van der Waals surface area contributed by atoms with Gasteiger partial charge in [0.05, 0.1) is 6.04 Å². The molecule has 1 amide bonds. The van der Waals surface area contributed by atoms with Gasteiger partial charge in [0, 0.05) is 18.5 Å². The second kappa shape index (κ2) is 9.75. The Balaban J connectivity index is 1.52. The summed E-state index contributed by atoms with van der Waals surface area (Å²) in [4.78, 5) is 15.4. The number of carbonyl (C=O) groups excluding carboxylic acids is 1. The van der Waals surface area contributed by atoms with E-state index in [0.717, 1.165) is 64.0 Å². The molecule has 6 heteroatoms. The molecule has 1 aromatic carbocycles. The highest BCUT2D eigenvalue weighted by molar-refractivity contribution is 5.92. The molecule has 2 fully saturated rings. The average molecular weight is 411 g/mol. The van der Waals surface area contributed by atoms with Crippen molar-refractivity contribution in [3.63, 3.8) is 0 Å². The molecule has 1 aliphatic carbocycles. The molecule has 1 aromatic heterocycles. The van der Waals surface area contributed by atoms with Gasteiger partial charge in [0.25, 0.3) is 5.91 Å². The van der Waals surface area contributed by atoms with Crippen LogP contribution in [-0.2, 0) is 6.54 Å². The van der Waals surface area contributed by atoms with Crippen molar-refractivity contribution >= 4 is 5.91 Å². The number of hydrogen-bond acceptors (Lipinski definition) is 5. The van der Waals surface area contributed by atoms with Crippen molar-refractivity contribution in [2.24, 2.45) is 5.92 Å². The minimum atomic E-state index is -0.136. The molecule has 1 atom stereocenters. The molecule has 2 aromatic rings. The fourth-order valence-electron chi connectivity index (χ4n) is 4.48. The van der Waals surface area contributed by atoms with Crippen LogP contribution < -0.4 is 10.6 Å². The summed E-state index contributed by atoms with van der Waals surface area (Å²) >= 11 is 0. The zero-order chi connectivity index (χ0) is 20.9. The first-order chi connectivity index (χ1) is 14.6. The molecule has 2 aliphatic rings. The molecule has 0 radical (unpaired) electrons. The minimum Gasteiger partial charge on any atom is -0.360 e. The Hall–Kier alpha value is -2.18. The van der Waals surface area contributed by atoms with Crippen LogP contribution in [0.4, 0.5) is 0 Å². The monoisotopic (exact) mass is 410 g/mol. The molecule has 1 saturated heterocycles. The van der Waals surface area contributed by atoms with E-state index in [9.17, 15) is 4.79 Å². The van der Waals surface area contributed by atoms with Crippen LogP contribution in [0.1, 0.15) is 78.4 Å². The Morgan fingerprint density at radius 3 is 2.80 bits per heavy atom. The molecule has 4 rings (SSSR count). The molecule has 6 nitrogen and oxygen atoms in total. The van der Waals surface area contributed by atoms with E-state index in [1.54, 1.807) is 0 Å². The zero-order valence-corrected chi connectivity index (χ0v) is 18.2. The van der Waals surface area contributed by atoms with Crippen LogP contribution in [0.25, 0.3) is 0 Å². The molecule has 162 valence electrons. The van der Waals surface area contributed by atoms with Gasteiger partial charge in [-0.15, -0.1) is 0 Å². The third-order valence-electron chi connectivity index (χ3n) is 6.25. The molecule has 1 unspecified atom stereocenters. The Morgan fingerprint density at radius 2 is 2.07 bits per heavy atom. The Bertz CT molecular complexity index is 839. The molecule has 1 aliphatic heterocycles. The highest BCUT2D eigenvalue weighted by Crippen LogP contribution is 2.40. The predicted molar refractivity (Wildman–Crippen MR) is 117 cm³/mol. The summed E-state index contributed by atoms with van der Waals surface area (Å²) in [5.74, 6) is 1.58. The lowest BCUT2D eigenvalue weighted by Gasteiger charge is -2.32. The molecule has 1 saturated carbocycles. The number of benzene rings is 1. The van der Waals surface area contributed by atoms with E-state index in [-0.39, 0.29) is 11.9 Å². The fraction of sp³-hybridized carbons (Fsp3) is 0.583. The summed E-state index contributed by atoms with van der Waals surface area (Å²) in [6, 6.07) is 10.5. The summed E-state index contributed by atoms with van der Waals surface area (Å²) in [6.45, 7) is 6.18. The van der Waals surface area contributed by atoms with Gasteiger partial charge in [0.15, 0.2) is 5.69 Å². The smallest absolute Gasteiger partial charge is 0.273 e. The van der Waals surface area contributed by atoms with Gasteiger partial charge in [-0.2, -0.15) is 0 Å². The molecule has 2 N–H and O–H groups in total. The molecule has 0 spiro atoms. The maximum atomic E-state index is 13.0. The quantitative estimate of drug-likeness (QED) is 0.657. The normalized spacial score (nSPS) is 18.5. The summed E-state index contributed by atoms with van der Waals surface area (Å²) < 4.78 is 5.40. The van der Waals surface area contributed by atoms with E-state index < -0.39 is 0 Å². The summed E-state index contributed by atoms with van der Waals surface area (Å²) in [6.07, 6.45) is 5.51. The maximum Gasteiger partial charge on any atom is 0.273 e. The second-order valence-electron chi connectivity index (χ2n) is 8.91. The van der Waals surface area contributed by atoms with Crippen molar-refractivity contribution in [3.05, 3.63) is 52.9 Å². The number of hydrogen-bond donors (Lipinski definition) is 2. The Morgan fingerprint density at radius 1 is 1.27 bits per heavy atom. The maximum absolute atomic E-state index is 13.0. The number of piperidine rings is 1. The van der Waals surface area contributed by atoms with Crippen LogP contribution in [0, 0.1) is 5.92 Å². The third-order valence-corrected chi connectivity index (χ3v) is 6.25. The first-order valence-corrected chi connectivity index (χ1v) is 11.4. The fourth-order valence-corrected chi connectivity index (χ4v) is 4.48. The molecule has 2 heterocycles. The number of amides is 1. The van der Waals surface area contributed by atoms with Gasteiger partial charge in [0.2, 0.25) is 0 Å². The first-order valence-electron chi connectivity index (χ1n) is 11.4. The molecule has 30 heavy (non-hydrogen) atoms. The van der Waals surface area contributed by atoms with Gasteiger partial charge in [0.1, 0.15) is 5.76 Å². The van der Waals surface area contributed by atoms with Gasteiger partial charge in [-0.1, -0.05) is 36.3 Å². The van der Waals surface area contributed by atoms with Crippen molar-refractivity contribution in [3.8, 4) is 0 Å². The SMILES string of the molecule is CCCN(C)Cc1cccc(C(NC(=O)c2cc(C3CC3)on2)C2CCNCC2)c1. The third kappa shape index (κ3) is 5.29. The zero-order valence-electron chi connectivity index (χ0n) is 18.2. The van der Waals surface area contributed by atoms with Crippen LogP contribution in [0.3, 0.4) is 0 Å². The number of carbonyl (C=O) groups is 1. The first kappa shape index (κ1) is 21.1. The van der Waals surface area contributed by atoms with Gasteiger partial charge in [-0.25, -0.2) is 0 Å². The number of nitrogens with zero attached hydrogens (tertiary/aromatic N) is 2. The minimum absolute atomic E-state index is 0.0166. The van der Waals surface area contributed by atoms with Crippen molar-refractivity contribution < 1.29 is 9.32 Å². The van der Waals surface area contributed by atoms with Crippen LogP contribution in [0.5, 0.6) is 0 Å². The predicted octanol–water partition coefficient (Wildman–Crippen LogP) is 3.86. The number of rotatable bonds is 9. The van der Waals surface area contributed by atoms with Crippen LogP contribution >= 0.6 is 0 Å². The van der Waals surface area contributed by atoms with E-state index in [1.165, 1.54) is 11.1 Å². The Labute approximate surface area is 179 Å². The summed E-state index contributed by atoms with van der Waals surface area (Å²) in [7, 11) is 2.16. The largest absolute Gasteiger partial charge is 0.360 e. The standard InChI is InChI=1S/C24H34N4O2/c1-3-13-28(2)16-17-5-4-6-20(14-17)23(19-9-11-25-12-10-19)26-24(29)21-15-22(30-27-21)18-7-8-18/h4-6,14-15,18-19,23,25H,3,7-13,16H2,1-2H3,(H,26,29). The Kier molecular flexibility index (Phi) is 6.85. The van der Waals surface area contributed by atoms with Gasteiger partial charge in [-0.3, -0.25) is 4.79 Å². The van der Waals surface area contributed by atoms with Crippen LogP contribution in [-0.4, -0.2) is 42.6 Å². The topological polar surface area (TPSA) is 70.4 Å². The average Bonchev–Trinajstić information content (AvgIpc) is 3.49. The lowest BCUT2D eigenvalue weighted by Crippen LogP contribution is -2.39.